The number of amides is 1. The van der Waals surface area contributed by atoms with Crippen molar-refractivity contribution in [2.24, 2.45) is 0 Å². The maximum atomic E-state index is 11.9. The molecule has 0 saturated carbocycles. The molecule has 0 fully saturated rings. The molecule has 0 aliphatic rings. The Morgan fingerprint density at radius 3 is 2.05 bits per heavy atom. The molecule has 0 aliphatic carbocycles. The number of aryl methyl sites for hydroxylation is 2. The van der Waals surface area contributed by atoms with Gasteiger partial charge in [0.1, 0.15) is 0 Å². The number of ketones is 1. The first-order valence-electron chi connectivity index (χ1n) is 6.05. The van der Waals surface area contributed by atoms with E-state index in [9.17, 15) is 9.59 Å². The summed E-state index contributed by atoms with van der Waals surface area (Å²) in [6.07, 6.45) is 0. The molecular weight excluding hydrogens is 238 g/mol. The summed E-state index contributed by atoms with van der Waals surface area (Å²) in [5, 5.41) is 2.63. The Labute approximate surface area is 112 Å². The van der Waals surface area contributed by atoms with Crippen LogP contribution in [-0.2, 0) is 4.79 Å². The van der Waals surface area contributed by atoms with Crippen LogP contribution in [0.2, 0.25) is 0 Å². The van der Waals surface area contributed by atoms with Crippen LogP contribution in [0.1, 0.15) is 21.5 Å². The van der Waals surface area contributed by atoms with Crippen molar-refractivity contribution in [3.63, 3.8) is 0 Å². The number of Topliss-reactive ketones (excluding diaryl/α,β-unsaturated/α-hetero) is 1. The maximum absolute atomic E-state index is 11.9. The molecule has 2 aromatic carbocycles. The van der Waals surface area contributed by atoms with Gasteiger partial charge >= 0.3 is 0 Å². The normalized spacial score (nSPS) is 10.0. The van der Waals surface area contributed by atoms with Gasteiger partial charge in [-0.25, -0.2) is 0 Å². The molecule has 3 heteroatoms. The second-order valence-electron chi connectivity index (χ2n) is 4.53. The molecular formula is C16H15NO2. The van der Waals surface area contributed by atoms with E-state index in [4.69, 9.17) is 0 Å². The molecule has 2 rings (SSSR count). The molecule has 0 spiro atoms. The van der Waals surface area contributed by atoms with Gasteiger partial charge in [-0.05, 0) is 37.1 Å². The van der Waals surface area contributed by atoms with Crippen LogP contribution in [0.15, 0.2) is 48.5 Å². The lowest BCUT2D eigenvalue weighted by atomic mass is 10.1. The van der Waals surface area contributed by atoms with Crippen molar-refractivity contribution in [1.29, 1.82) is 0 Å². The van der Waals surface area contributed by atoms with E-state index in [-0.39, 0.29) is 0 Å². The lowest BCUT2D eigenvalue weighted by Gasteiger charge is -2.07. The third-order valence-corrected chi connectivity index (χ3v) is 2.72. The maximum Gasteiger partial charge on any atom is 0.296 e. The molecule has 19 heavy (non-hydrogen) atoms. The molecule has 0 atom stereocenters. The first kappa shape index (κ1) is 13.0. The molecule has 1 amide bonds. The van der Waals surface area contributed by atoms with Crippen LogP contribution in [0.4, 0.5) is 5.69 Å². The molecule has 2 aromatic rings. The number of anilines is 1. The molecule has 1 N–H and O–H groups in total. The number of carbonyl (C=O) groups is 2. The zero-order valence-electron chi connectivity index (χ0n) is 10.9. The minimum Gasteiger partial charge on any atom is -0.319 e. The van der Waals surface area contributed by atoms with Crippen LogP contribution in [0.25, 0.3) is 0 Å². The second-order valence-corrected chi connectivity index (χ2v) is 4.53. The molecule has 0 aromatic heterocycles. The Morgan fingerprint density at radius 2 is 1.47 bits per heavy atom. The van der Waals surface area contributed by atoms with Gasteiger partial charge in [0.2, 0.25) is 0 Å². The summed E-state index contributed by atoms with van der Waals surface area (Å²) in [6.45, 7) is 3.89. The van der Waals surface area contributed by atoms with E-state index >= 15 is 0 Å². The van der Waals surface area contributed by atoms with Crippen molar-refractivity contribution in [1.82, 2.24) is 0 Å². The van der Waals surface area contributed by atoms with Gasteiger partial charge in [-0.2, -0.15) is 0 Å². The van der Waals surface area contributed by atoms with Crippen LogP contribution in [0.3, 0.4) is 0 Å². The summed E-state index contributed by atoms with van der Waals surface area (Å²) >= 11 is 0. The van der Waals surface area contributed by atoms with E-state index < -0.39 is 11.7 Å². The van der Waals surface area contributed by atoms with Crippen molar-refractivity contribution in [3.8, 4) is 0 Å². The van der Waals surface area contributed by atoms with Gasteiger partial charge in [-0.15, -0.1) is 0 Å². The van der Waals surface area contributed by atoms with Gasteiger partial charge in [0, 0.05) is 11.3 Å². The van der Waals surface area contributed by atoms with Crippen LogP contribution in [0, 0.1) is 13.8 Å². The fourth-order valence-electron chi connectivity index (χ4n) is 1.96. The Balaban J connectivity index is 2.15. The SMILES string of the molecule is Cc1cc(C)cc(NC(=O)C(=O)c2ccccc2)c1. The highest BCUT2D eigenvalue weighted by Gasteiger charge is 2.15. The standard InChI is InChI=1S/C16H15NO2/c1-11-8-12(2)10-14(9-11)17-16(19)15(18)13-6-4-3-5-7-13/h3-10H,1-2H3,(H,17,19). The third-order valence-electron chi connectivity index (χ3n) is 2.72. The number of hydrogen-bond acceptors (Lipinski definition) is 2. The Bertz CT molecular complexity index is 598. The Kier molecular flexibility index (Phi) is 3.76. The fourth-order valence-corrected chi connectivity index (χ4v) is 1.96. The van der Waals surface area contributed by atoms with E-state index in [1.54, 1.807) is 30.3 Å². The summed E-state index contributed by atoms with van der Waals surface area (Å²) in [4.78, 5) is 23.8. The van der Waals surface area contributed by atoms with Crippen molar-refractivity contribution < 1.29 is 9.59 Å². The molecule has 0 aliphatic heterocycles. The smallest absolute Gasteiger partial charge is 0.296 e. The summed E-state index contributed by atoms with van der Waals surface area (Å²) in [5.74, 6) is -1.14. The topological polar surface area (TPSA) is 46.2 Å². The van der Waals surface area contributed by atoms with Crippen molar-refractivity contribution in [2.75, 3.05) is 5.32 Å². The minimum absolute atomic E-state index is 0.393. The first-order chi connectivity index (χ1) is 9.06. The number of nitrogens with one attached hydrogen (secondary N) is 1. The summed E-state index contributed by atoms with van der Waals surface area (Å²) in [7, 11) is 0. The van der Waals surface area contributed by atoms with Crippen LogP contribution in [0.5, 0.6) is 0 Å². The molecule has 0 radical (unpaired) electrons. The zero-order valence-corrected chi connectivity index (χ0v) is 10.9. The molecule has 0 bridgehead atoms. The quantitative estimate of drug-likeness (QED) is 0.674. The van der Waals surface area contributed by atoms with E-state index in [1.807, 2.05) is 32.0 Å². The van der Waals surface area contributed by atoms with Gasteiger partial charge < -0.3 is 5.32 Å². The predicted molar refractivity (Wildman–Crippen MR) is 75.3 cm³/mol. The lowest BCUT2D eigenvalue weighted by molar-refractivity contribution is -0.112. The largest absolute Gasteiger partial charge is 0.319 e. The first-order valence-corrected chi connectivity index (χ1v) is 6.05. The van der Waals surface area contributed by atoms with E-state index in [1.165, 1.54) is 0 Å². The summed E-state index contributed by atoms with van der Waals surface area (Å²) < 4.78 is 0. The van der Waals surface area contributed by atoms with Gasteiger partial charge in [0.05, 0.1) is 0 Å². The molecule has 3 nitrogen and oxygen atoms in total. The summed E-state index contributed by atoms with van der Waals surface area (Å²) in [6, 6.07) is 14.2. The molecule has 0 unspecified atom stereocenters. The lowest BCUT2D eigenvalue weighted by Crippen LogP contribution is -2.22. The van der Waals surface area contributed by atoms with Crippen LogP contribution >= 0.6 is 0 Å². The van der Waals surface area contributed by atoms with Crippen LogP contribution in [-0.4, -0.2) is 11.7 Å². The summed E-state index contributed by atoms with van der Waals surface area (Å²) in [5.41, 5.74) is 3.13. The molecule has 0 saturated heterocycles. The second kappa shape index (κ2) is 5.48. The Morgan fingerprint density at radius 1 is 0.895 bits per heavy atom. The number of carbonyl (C=O) groups excluding carboxylic acids is 2. The zero-order chi connectivity index (χ0) is 13.8. The number of hydrogen-bond donors (Lipinski definition) is 1. The van der Waals surface area contributed by atoms with Crippen LogP contribution < -0.4 is 5.32 Å². The average Bonchev–Trinajstić information content (AvgIpc) is 2.37. The third kappa shape index (κ3) is 3.28. The monoisotopic (exact) mass is 253 g/mol. The number of benzene rings is 2. The number of rotatable bonds is 3. The Hall–Kier alpha value is -2.42. The fraction of sp³-hybridized carbons (Fsp3) is 0.125. The highest BCUT2D eigenvalue weighted by Crippen LogP contribution is 2.14. The average molecular weight is 253 g/mol. The highest BCUT2D eigenvalue weighted by molar-refractivity contribution is 6.46. The van der Waals surface area contributed by atoms with E-state index in [0.717, 1.165) is 11.1 Å². The molecule has 0 heterocycles. The predicted octanol–water partition coefficient (Wildman–Crippen LogP) is 3.12. The minimum atomic E-state index is -0.615. The van der Waals surface area contributed by atoms with Crippen molar-refractivity contribution >= 4 is 17.4 Å². The van der Waals surface area contributed by atoms with Gasteiger partial charge in [0.15, 0.2) is 0 Å². The van der Waals surface area contributed by atoms with E-state index in [0.29, 0.717) is 11.3 Å². The highest BCUT2D eigenvalue weighted by atomic mass is 16.2. The van der Waals surface area contributed by atoms with Gasteiger partial charge in [-0.1, -0.05) is 36.4 Å². The van der Waals surface area contributed by atoms with Crippen molar-refractivity contribution in [2.45, 2.75) is 13.8 Å². The molecule has 96 valence electrons. The van der Waals surface area contributed by atoms with Gasteiger partial charge in [-0.3, -0.25) is 9.59 Å². The van der Waals surface area contributed by atoms with Crippen molar-refractivity contribution in [3.05, 3.63) is 65.2 Å². The van der Waals surface area contributed by atoms with Gasteiger partial charge in [0.25, 0.3) is 11.7 Å². The van der Waals surface area contributed by atoms with E-state index in [2.05, 4.69) is 5.32 Å².